The topological polar surface area (TPSA) is 41.1 Å². The molecular weight excluding hydrogens is 399 g/mol. The summed E-state index contributed by atoms with van der Waals surface area (Å²) in [6, 6.07) is 5.44. The van der Waals surface area contributed by atoms with Crippen molar-refractivity contribution in [3.05, 3.63) is 50.6 Å². The van der Waals surface area contributed by atoms with Crippen molar-refractivity contribution in [3.63, 3.8) is 0 Å². The molecule has 0 spiro atoms. The summed E-state index contributed by atoms with van der Waals surface area (Å²) < 4.78 is 0.969. The SMILES string of the molecule is O=C(Nc1ccc(I)c(Cl)c1)NC1CC=CC=C1C1CC1. The summed E-state index contributed by atoms with van der Waals surface area (Å²) in [7, 11) is 0. The average molecular weight is 415 g/mol. The van der Waals surface area contributed by atoms with Crippen molar-refractivity contribution in [2.45, 2.75) is 25.3 Å². The summed E-state index contributed by atoms with van der Waals surface area (Å²) >= 11 is 8.23. The Labute approximate surface area is 143 Å². The van der Waals surface area contributed by atoms with Crippen LogP contribution in [0, 0.1) is 9.49 Å². The normalized spacial score (nSPS) is 20.9. The van der Waals surface area contributed by atoms with Gasteiger partial charge in [0, 0.05) is 9.26 Å². The van der Waals surface area contributed by atoms with Crippen LogP contribution in [-0.4, -0.2) is 12.1 Å². The Bertz CT molecular complexity index is 623. The van der Waals surface area contributed by atoms with E-state index in [1.807, 2.05) is 12.1 Å². The van der Waals surface area contributed by atoms with E-state index in [0.717, 1.165) is 9.99 Å². The fourth-order valence-electron chi connectivity index (χ4n) is 2.52. The first-order chi connectivity index (χ1) is 10.1. The minimum Gasteiger partial charge on any atom is -0.331 e. The number of allylic oxidation sites excluding steroid dienone is 2. The fraction of sp³-hybridized carbons (Fsp3) is 0.312. The van der Waals surface area contributed by atoms with E-state index < -0.39 is 0 Å². The molecule has 1 atom stereocenters. The number of anilines is 1. The van der Waals surface area contributed by atoms with Crippen molar-refractivity contribution < 1.29 is 4.79 Å². The number of hydrogen-bond acceptors (Lipinski definition) is 1. The molecule has 1 aromatic rings. The number of urea groups is 1. The van der Waals surface area contributed by atoms with Crippen molar-refractivity contribution in [1.82, 2.24) is 5.32 Å². The van der Waals surface area contributed by atoms with Gasteiger partial charge in [-0.3, -0.25) is 0 Å². The van der Waals surface area contributed by atoms with Crippen LogP contribution in [0.1, 0.15) is 19.3 Å². The lowest BCUT2D eigenvalue weighted by molar-refractivity contribution is 0.249. The molecular formula is C16H16ClIN2O. The van der Waals surface area contributed by atoms with E-state index in [-0.39, 0.29) is 12.1 Å². The molecule has 0 saturated heterocycles. The third-order valence-corrected chi connectivity index (χ3v) is 5.30. The molecule has 2 aliphatic carbocycles. The fourth-order valence-corrected chi connectivity index (χ4v) is 3.04. The van der Waals surface area contributed by atoms with Gasteiger partial charge in [-0.2, -0.15) is 0 Å². The number of amides is 2. The number of benzene rings is 1. The van der Waals surface area contributed by atoms with Crippen LogP contribution >= 0.6 is 34.2 Å². The Kier molecular flexibility index (Phi) is 4.54. The lowest BCUT2D eigenvalue weighted by Gasteiger charge is -2.23. The van der Waals surface area contributed by atoms with Crippen LogP contribution in [0.2, 0.25) is 5.02 Å². The second-order valence-corrected chi connectivity index (χ2v) is 6.95. The zero-order valence-electron chi connectivity index (χ0n) is 11.4. The maximum Gasteiger partial charge on any atom is 0.319 e. The molecule has 1 unspecified atom stereocenters. The average Bonchev–Trinajstić information content (AvgIpc) is 3.28. The minimum atomic E-state index is -0.181. The number of nitrogens with one attached hydrogen (secondary N) is 2. The largest absolute Gasteiger partial charge is 0.331 e. The monoisotopic (exact) mass is 414 g/mol. The molecule has 2 aliphatic rings. The second-order valence-electron chi connectivity index (χ2n) is 5.38. The summed E-state index contributed by atoms with van der Waals surface area (Å²) in [5.41, 5.74) is 2.06. The van der Waals surface area contributed by atoms with Gasteiger partial charge >= 0.3 is 6.03 Å². The molecule has 2 N–H and O–H groups in total. The molecule has 110 valence electrons. The van der Waals surface area contributed by atoms with Crippen LogP contribution in [0.4, 0.5) is 10.5 Å². The number of rotatable bonds is 3. The van der Waals surface area contributed by atoms with Crippen molar-refractivity contribution in [3.8, 4) is 0 Å². The van der Waals surface area contributed by atoms with Gasteiger partial charge in [0.15, 0.2) is 0 Å². The molecule has 0 radical (unpaired) electrons. The highest BCUT2D eigenvalue weighted by molar-refractivity contribution is 14.1. The maximum absolute atomic E-state index is 12.1. The number of hydrogen-bond donors (Lipinski definition) is 2. The van der Waals surface area contributed by atoms with Gasteiger partial charge in [0.2, 0.25) is 0 Å². The number of carbonyl (C=O) groups excluding carboxylic acids is 1. The van der Waals surface area contributed by atoms with Gasteiger partial charge in [0.1, 0.15) is 0 Å². The number of halogens is 2. The van der Waals surface area contributed by atoms with Gasteiger partial charge in [-0.15, -0.1) is 0 Å². The Hall–Kier alpha value is -1.01. The molecule has 1 fully saturated rings. The van der Waals surface area contributed by atoms with E-state index in [0.29, 0.717) is 16.6 Å². The van der Waals surface area contributed by atoms with Gasteiger partial charge in [-0.1, -0.05) is 29.8 Å². The van der Waals surface area contributed by atoms with E-state index >= 15 is 0 Å². The summed E-state index contributed by atoms with van der Waals surface area (Å²) in [5.74, 6) is 0.660. The predicted molar refractivity (Wildman–Crippen MR) is 94.7 cm³/mol. The first kappa shape index (κ1) is 14.9. The van der Waals surface area contributed by atoms with Crippen LogP contribution in [0.25, 0.3) is 0 Å². The first-order valence-corrected chi connectivity index (χ1v) is 8.48. The van der Waals surface area contributed by atoms with E-state index in [9.17, 15) is 4.79 Å². The van der Waals surface area contributed by atoms with E-state index in [1.54, 1.807) is 6.07 Å². The van der Waals surface area contributed by atoms with Gasteiger partial charge in [-0.25, -0.2) is 4.79 Å². The van der Waals surface area contributed by atoms with Crippen LogP contribution in [-0.2, 0) is 0 Å². The highest BCUT2D eigenvalue weighted by Crippen LogP contribution is 2.39. The molecule has 2 amide bonds. The smallest absolute Gasteiger partial charge is 0.319 e. The Morgan fingerprint density at radius 1 is 1.33 bits per heavy atom. The predicted octanol–water partition coefficient (Wildman–Crippen LogP) is 4.73. The molecule has 3 rings (SSSR count). The summed E-state index contributed by atoms with van der Waals surface area (Å²) in [6.07, 6.45) is 9.68. The highest BCUT2D eigenvalue weighted by Gasteiger charge is 2.31. The van der Waals surface area contributed by atoms with Crippen LogP contribution < -0.4 is 10.6 Å². The van der Waals surface area contributed by atoms with Crippen LogP contribution in [0.3, 0.4) is 0 Å². The third kappa shape index (κ3) is 3.80. The van der Waals surface area contributed by atoms with Crippen molar-refractivity contribution in [1.29, 1.82) is 0 Å². The summed E-state index contributed by atoms with van der Waals surface area (Å²) in [5, 5.41) is 6.55. The van der Waals surface area contributed by atoms with Gasteiger partial charge < -0.3 is 10.6 Å². The maximum atomic E-state index is 12.1. The van der Waals surface area contributed by atoms with E-state index in [1.165, 1.54) is 18.4 Å². The van der Waals surface area contributed by atoms with Crippen LogP contribution in [0.5, 0.6) is 0 Å². The number of carbonyl (C=O) groups is 1. The Morgan fingerprint density at radius 3 is 2.86 bits per heavy atom. The van der Waals surface area contributed by atoms with Crippen molar-refractivity contribution in [2.24, 2.45) is 5.92 Å². The molecule has 3 nitrogen and oxygen atoms in total. The van der Waals surface area contributed by atoms with Crippen LogP contribution in [0.15, 0.2) is 42.0 Å². The lowest BCUT2D eigenvalue weighted by Crippen LogP contribution is -2.40. The third-order valence-electron chi connectivity index (χ3n) is 3.73. The second kappa shape index (κ2) is 6.40. The summed E-state index contributed by atoms with van der Waals surface area (Å²) in [4.78, 5) is 12.1. The lowest BCUT2D eigenvalue weighted by atomic mass is 9.95. The Balaban J connectivity index is 1.62. The molecule has 5 heteroatoms. The molecule has 21 heavy (non-hydrogen) atoms. The van der Waals surface area contributed by atoms with Gasteiger partial charge in [0.25, 0.3) is 0 Å². The molecule has 0 aromatic heterocycles. The molecule has 0 aliphatic heterocycles. The molecule has 0 heterocycles. The minimum absolute atomic E-state index is 0.113. The van der Waals surface area contributed by atoms with E-state index in [2.05, 4.69) is 51.5 Å². The zero-order chi connectivity index (χ0) is 14.8. The zero-order valence-corrected chi connectivity index (χ0v) is 14.3. The first-order valence-electron chi connectivity index (χ1n) is 7.02. The van der Waals surface area contributed by atoms with Gasteiger partial charge in [0.05, 0.1) is 11.1 Å². The summed E-state index contributed by atoms with van der Waals surface area (Å²) in [6.45, 7) is 0. The van der Waals surface area contributed by atoms with Crippen molar-refractivity contribution in [2.75, 3.05) is 5.32 Å². The quantitative estimate of drug-likeness (QED) is 0.690. The molecule has 1 aromatic carbocycles. The van der Waals surface area contributed by atoms with Crippen molar-refractivity contribution >= 4 is 45.9 Å². The van der Waals surface area contributed by atoms with Gasteiger partial charge in [-0.05, 0) is 71.5 Å². The highest BCUT2D eigenvalue weighted by atomic mass is 127. The van der Waals surface area contributed by atoms with E-state index in [4.69, 9.17) is 11.6 Å². The Morgan fingerprint density at radius 2 is 2.14 bits per heavy atom. The standard InChI is InChI=1S/C16H16ClIN2O/c17-13-9-11(7-8-14(13)18)19-16(21)20-15-4-2-1-3-12(15)10-5-6-10/h1-3,7-10,15H,4-6H2,(H2,19,20,21). The molecule has 1 saturated carbocycles. The molecule has 0 bridgehead atoms.